The molecule has 0 spiro atoms. The lowest BCUT2D eigenvalue weighted by Crippen LogP contribution is -2.35. The quantitative estimate of drug-likeness (QED) is 0.593. The van der Waals surface area contributed by atoms with Gasteiger partial charge in [-0.25, -0.2) is 22.0 Å². The molecule has 2 aromatic carbocycles. The van der Waals surface area contributed by atoms with Gasteiger partial charge in [-0.15, -0.1) is 0 Å². The number of hydrogen-bond acceptors (Lipinski definition) is 7. The number of nitrogens with two attached hydrogens (primary N) is 1. The molecule has 2 aliphatic rings. The molecule has 2 aliphatic carbocycles. The van der Waals surface area contributed by atoms with Crippen LogP contribution in [0.2, 0.25) is 0 Å². The largest absolute Gasteiger partial charge is 0.494 e. The van der Waals surface area contributed by atoms with E-state index in [1.165, 1.54) is 42.5 Å². The molecule has 3 N–H and O–H groups in total. The first-order valence-corrected chi connectivity index (χ1v) is 12.7. The number of anilines is 1. The maximum absolute atomic E-state index is 13.3. The first-order chi connectivity index (χ1) is 15.5. The molecule has 0 radical (unpaired) electrons. The number of sulfonamides is 2. The Hall–Kier alpha value is -3.54. The first kappa shape index (κ1) is 22.6. The van der Waals surface area contributed by atoms with Crippen LogP contribution in [0.15, 0.2) is 47.4 Å². The topological polar surface area (TPSA) is 150 Å². The van der Waals surface area contributed by atoms with E-state index < -0.39 is 35.6 Å². The summed E-state index contributed by atoms with van der Waals surface area (Å²) in [7, 11) is -9.08. The highest BCUT2D eigenvalue weighted by molar-refractivity contribution is 8.03. The highest BCUT2D eigenvalue weighted by Gasteiger charge is 2.36. The average molecular weight is 487 g/mol. The summed E-state index contributed by atoms with van der Waals surface area (Å²) in [5.74, 6) is -1.00. The molecule has 4 rings (SSSR count). The van der Waals surface area contributed by atoms with Crippen LogP contribution in [0.1, 0.15) is 18.1 Å². The minimum Gasteiger partial charge on any atom is -0.494 e. The zero-order valence-electron chi connectivity index (χ0n) is 17.2. The van der Waals surface area contributed by atoms with Crippen LogP contribution in [0.25, 0.3) is 23.1 Å². The molecular formula is C22H18N2O7S2. The predicted octanol–water partition coefficient (Wildman–Crippen LogP) is 0.224. The van der Waals surface area contributed by atoms with Gasteiger partial charge >= 0.3 is 0 Å². The number of rotatable bonds is 6. The fourth-order valence-electron chi connectivity index (χ4n) is 3.52. The second kappa shape index (κ2) is 8.10. The Morgan fingerprint density at radius 3 is 2.27 bits per heavy atom. The third-order valence-corrected chi connectivity index (χ3v) is 7.30. The van der Waals surface area contributed by atoms with Crippen LogP contribution >= 0.6 is 0 Å². The minimum atomic E-state index is -4.54. The Balaban J connectivity index is 1.93. The van der Waals surface area contributed by atoms with Crippen LogP contribution in [0, 0.1) is 0 Å². The highest BCUT2D eigenvalue weighted by Crippen LogP contribution is 2.25. The summed E-state index contributed by atoms with van der Waals surface area (Å²) >= 11 is 0. The van der Waals surface area contributed by atoms with Gasteiger partial charge in [0.2, 0.25) is 15.8 Å². The number of Topliss-reactive ketones (excluding diaryl/α,β-unsaturated/α-hetero) is 1. The van der Waals surface area contributed by atoms with Gasteiger partial charge < -0.3 is 4.74 Å². The summed E-state index contributed by atoms with van der Waals surface area (Å²) < 4.78 is 58.3. The third kappa shape index (κ3) is 4.38. The Morgan fingerprint density at radius 1 is 0.939 bits per heavy atom. The maximum Gasteiger partial charge on any atom is 0.266 e. The van der Waals surface area contributed by atoms with Crippen molar-refractivity contribution in [2.45, 2.75) is 6.92 Å². The van der Waals surface area contributed by atoms with E-state index in [0.717, 1.165) is 6.08 Å². The SMILES string of the molecule is CCOc1ccc(NS(=O)(=O)C2=c3cc4c(cc3C=C(S(N)(=O)=O)C2=O)=CC(=O)C=C4)cc1. The number of primary sulfonamides is 1. The molecule has 0 saturated heterocycles. The van der Waals surface area contributed by atoms with Crippen LogP contribution in [0.4, 0.5) is 5.69 Å². The molecule has 0 unspecified atom stereocenters. The summed E-state index contributed by atoms with van der Waals surface area (Å²) in [6.07, 6.45) is 5.13. The first-order valence-electron chi connectivity index (χ1n) is 9.66. The number of carbonyl (C=O) groups excluding carboxylic acids is 2. The molecule has 0 saturated carbocycles. The van der Waals surface area contributed by atoms with Gasteiger partial charge in [-0.3, -0.25) is 14.3 Å². The molecule has 0 aliphatic heterocycles. The van der Waals surface area contributed by atoms with Gasteiger partial charge in [0.05, 0.1) is 6.61 Å². The standard InChI is InChI=1S/C22H18N2O7S2/c1-2-31-18-7-4-16(5-8-18)24-33(29,30)22-19-11-13-3-6-17(25)10-14(13)9-15(19)12-20(21(22)26)32(23,27)28/h3-12,24H,2H2,1H3,(H2,23,27,28). The number of benzene rings is 2. The molecular weight excluding hydrogens is 468 g/mol. The van der Waals surface area contributed by atoms with Crippen molar-refractivity contribution in [3.63, 3.8) is 0 Å². The molecule has 0 amide bonds. The van der Waals surface area contributed by atoms with Gasteiger partial charge in [-0.2, -0.15) is 0 Å². The van der Waals surface area contributed by atoms with Crippen molar-refractivity contribution < 1.29 is 31.2 Å². The predicted molar refractivity (Wildman–Crippen MR) is 124 cm³/mol. The minimum absolute atomic E-state index is 0.00279. The van der Waals surface area contributed by atoms with Gasteiger partial charge in [0, 0.05) is 10.9 Å². The van der Waals surface area contributed by atoms with Crippen molar-refractivity contribution in [3.05, 3.63) is 68.9 Å². The molecule has 0 heterocycles. The number of allylic oxidation sites excluding steroid dienone is 2. The van der Waals surface area contributed by atoms with Crippen molar-refractivity contribution in [3.8, 4) is 5.75 Å². The Labute approximate surface area is 189 Å². The summed E-state index contributed by atoms with van der Waals surface area (Å²) in [4.78, 5) is 23.1. The second-order valence-electron chi connectivity index (χ2n) is 7.22. The van der Waals surface area contributed by atoms with Gasteiger partial charge in [-0.1, -0.05) is 6.08 Å². The zero-order chi connectivity index (χ0) is 24.0. The number of nitrogens with one attached hydrogen (secondary N) is 1. The normalized spacial score (nSPS) is 15.3. The number of ketones is 2. The van der Waals surface area contributed by atoms with E-state index in [1.54, 1.807) is 19.1 Å². The summed E-state index contributed by atoms with van der Waals surface area (Å²) in [6, 6.07) is 8.85. The molecule has 0 atom stereocenters. The van der Waals surface area contributed by atoms with Crippen molar-refractivity contribution in [2.24, 2.45) is 5.14 Å². The van der Waals surface area contributed by atoms with Gasteiger partial charge in [0.1, 0.15) is 15.6 Å². The van der Waals surface area contributed by atoms with E-state index in [0.29, 0.717) is 23.1 Å². The lowest BCUT2D eigenvalue weighted by atomic mass is 9.97. The molecule has 0 fully saturated rings. The molecule has 0 bridgehead atoms. The fraction of sp³-hybridized carbons (Fsp3) is 0.0909. The number of fused-ring (bicyclic) bond motifs is 2. The van der Waals surface area contributed by atoms with E-state index in [2.05, 4.69) is 4.72 Å². The van der Waals surface area contributed by atoms with E-state index in [9.17, 15) is 26.4 Å². The Bertz CT molecular complexity index is 1600. The van der Waals surface area contributed by atoms with Crippen LogP contribution < -0.4 is 25.0 Å². The second-order valence-corrected chi connectivity index (χ2v) is 10.4. The van der Waals surface area contributed by atoms with Crippen molar-refractivity contribution >= 4 is 60.4 Å². The van der Waals surface area contributed by atoms with Crippen LogP contribution in [0.5, 0.6) is 5.75 Å². The van der Waals surface area contributed by atoms with E-state index in [1.807, 2.05) is 0 Å². The number of ether oxygens (including phenoxy) is 1. The lowest BCUT2D eigenvalue weighted by Gasteiger charge is -2.18. The van der Waals surface area contributed by atoms with Crippen LogP contribution in [0.3, 0.4) is 0 Å². The molecule has 33 heavy (non-hydrogen) atoms. The summed E-state index contributed by atoms with van der Waals surface area (Å²) in [6.45, 7) is 2.23. The molecule has 170 valence electrons. The van der Waals surface area contributed by atoms with Gasteiger partial charge in [0.25, 0.3) is 10.0 Å². The molecule has 0 aromatic heterocycles. The summed E-state index contributed by atoms with van der Waals surface area (Å²) in [5.41, 5.74) is 0.773. The van der Waals surface area contributed by atoms with E-state index in [-0.39, 0.29) is 22.3 Å². The monoisotopic (exact) mass is 486 g/mol. The molecule has 11 heteroatoms. The Morgan fingerprint density at radius 2 is 1.64 bits per heavy atom. The van der Waals surface area contributed by atoms with E-state index >= 15 is 0 Å². The highest BCUT2D eigenvalue weighted by atomic mass is 32.2. The zero-order valence-corrected chi connectivity index (χ0v) is 18.9. The van der Waals surface area contributed by atoms with Gasteiger partial charge in [-0.05, 0) is 77.9 Å². The number of carbonyl (C=O) groups is 2. The average Bonchev–Trinajstić information content (AvgIpc) is 2.72. The fourth-order valence-corrected chi connectivity index (χ4v) is 5.61. The van der Waals surface area contributed by atoms with Crippen molar-refractivity contribution in [1.82, 2.24) is 0 Å². The van der Waals surface area contributed by atoms with Crippen molar-refractivity contribution in [2.75, 3.05) is 11.3 Å². The van der Waals surface area contributed by atoms with Crippen LogP contribution in [-0.4, -0.2) is 35.0 Å². The van der Waals surface area contributed by atoms with Gasteiger partial charge in [0.15, 0.2) is 5.78 Å². The molecule has 2 aromatic rings. The smallest absolute Gasteiger partial charge is 0.266 e. The Kier molecular flexibility index (Phi) is 5.56. The van der Waals surface area contributed by atoms with Crippen LogP contribution in [-0.2, 0) is 29.6 Å². The maximum atomic E-state index is 13.3. The third-order valence-electron chi connectivity index (χ3n) is 4.93. The molecule has 9 nitrogen and oxygen atoms in total. The lowest BCUT2D eigenvalue weighted by molar-refractivity contribution is -0.110. The van der Waals surface area contributed by atoms with Crippen molar-refractivity contribution in [1.29, 1.82) is 0 Å². The summed E-state index contributed by atoms with van der Waals surface area (Å²) in [5, 5.41) is 5.64. The van der Waals surface area contributed by atoms with E-state index in [4.69, 9.17) is 9.88 Å². The number of hydrogen-bond donors (Lipinski definition) is 2.